The lowest BCUT2D eigenvalue weighted by Gasteiger charge is -2.14. The third-order valence-corrected chi connectivity index (χ3v) is 3.52. The zero-order valence-electron chi connectivity index (χ0n) is 11.6. The fraction of sp³-hybridized carbons (Fsp3) is 0.462. The van der Waals surface area contributed by atoms with E-state index < -0.39 is 7.82 Å². The first-order valence-electron chi connectivity index (χ1n) is 6.15. The molecule has 0 aliphatic rings. The highest BCUT2D eigenvalue weighted by Gasteiger charge is 2.23. The van der Waals surface area contributed by atoms with Crippen molar-refractivity contribution >= 4 is 14.1 Å². The summed E-state index contributed by atoms with van der Waals surface area (Å²) in [5, 5.41) is 0. The molecule has 108 valence electrons. The van der Waals surface area contributed by atoms with Crippen molar-refractivity contribution in [3.8, 4) is 0 Å². The second-order valence-corrected chi connectivity index (χ2v) is 4.90. The lowest BCUT2D eigenvalue weighted by atomic mass is 10.2. The molecule has 0 aliphatic carbocycles. The van der Waals surface area contributed by atoms with Crippen molar-refractivity contribution in [1.29, 1.82) is 0 Å². The highest BCUT2D eigenvalue weighted by Crippen LogP contribution is 2.48. The number of rotatable bonds is 7. The molecule has 0 spiro atoms. The predicted molar refractivity (Wildman–Crippen MR) is 74.3 cm³/mol. The Balaban J connectivity index is 0.000000356. The van der Waals surface area contributed by atoms with Gasteiger partial charge in [-0.25, -0.2) is 4.57 Å². The zero-order valence-corrected chi connectivity index (χ0v) is 12.5. The van der Waals surface area contributed by atoms with Crippen LogP contribution in [0.1, 0.15) is 31.1 Å². The number of benzene rings is 1. The molecule has 0 bridgehead atoms. The smallest absolute Gasteiger partial charge is 0.298 e. The standard InChI is InChI=1S/C7H6O.C6H15O4P/c8-6-7-4-2-1-3-5-7;1-4-8-11(7,9-5-2)10-6-3/h1-6H;4-6H2,1-3H3. The monoisotopic (exact) mass is 288 g/mol. The molecule has 1 rings (SSSR count). The number of carbonyl (C=O) groups excluding carboxylic acids is 1. The van der Waals surface area contributed by atoms with Crippen molar-refractivity contribution in [2.24, 2.45) is 0 Å². The molecule has 1 aromatic rings. The minimum absolute atomic E-state index is 0.331. The third kappa shape index (κ3) is 8.67. The lowest BCUT2D eigenvalue weighted by molar-refractivity contribution is 0.112. The number of phosphoric acid groups is 1. The molecule has 0 aliphatic heterocycles. The molecule has 0 aromatic heterocycles. The van der Waals surface area contributed by atoms with Gasteiger partial charge >= 0.3 is 7.82 Å². The highest BCUT2D eigenvalue weighted by atomic mass is 31.2. The summed E-state index contributed by atoms with van der Waals surface area (Å²) in [4.78, 5) is 10.0. The molecule has 19 heavy (non-hydrogen) atoms. The van der Waals surface area contributed by atoms with Crippen molar-refractivity contribution in [1.82, 2.24) is 0 Å². The van der Waals surface area contributed by atoms with E-state index in [1.807, 2.05) is 18.2 Å². The summed E-state index contributed by atoms with van der Waals surface area (Å²) < 4.78 is 25.8. The van der Waals surface area contributed by atoms with Crippen LogP contribution in [0.2, 0.25) is 0 Å². The Morgan fingerprint density at radius 1 is 0.947 bits per heavy atom. The Kier molecular flexibility index (Phi) is 10.3. The summed E-state index contributed by atoms with van der Waals surface area (Å²) in [6, 6.07) is 9.10. The van der Waals surface area contributed by atoms with Gasteiger partial charge in [-0.15, -0.1) is 0 Å². The van der Waals surface area contributed by atoms with Gasteiger partial charge in [0, 0.05) is 5.56 Å². The SMILES string of the molecule is CCOP(=O)(OCC)OCC.O=Cc1ccccc1. The molecular formula is C13H21O5P. The Hall–Kier alpha value is -1.00. The maximum Gasteiger partial charge on any atom is 0.474 e. The Bertz CT molecular complexity index is 356. The maximum absolute atomic E-state index is 11.3. The lowest BCUT2D eigenvalue weighted by Crippen LogP contribution is -1.99. The van der Waals surface area contributed by atoms with E-state index in [0.29, 0.717) is 19.8 Å². The van der Waals surface area contributed by atoms with Crippen molar-refractivity contribution in [3.63, 3.8) is 0 Å². The van der Waals surface area contributed by atoms with Gasteiger partial charge in [0.05, 0.1) is 19.8 Å². The fourth-order valence-electron chi connectivity index (χ4n) is 1.12. The van der Waals surface area contributed by atoms with Gasteiger partial charge in [0.1, 0.15) is 6.29 Å². The summed E-state index contributed by atoms with van der Waals surface area (Å²) in [6.45, 7) is 6.21. The second kappa shape index (κ2) is 10.9. The first-order valence-corrected chi connectivity index (χ1v) is 7.61. The molecule has 0 saturated carbocycles. The van der Waals surface area contributed by atoms with Crippen LogP contribution in [-0.2, 0) is 18.1 Å². The minimum atomic E-state index is -3.22. The average Bonchev–Trinajstić information content (AvgIpc) is 2.41. The van der Waals surface area contributed by atoms with Gasteiger partial charge in [-0.1, -0.05) is 30.3 Å². The van der Waals surface area contributed by atoms with Gasteiger partial charge in [-0.05, 0) is 20.8 Å². The van der Waals surface area contributed by atoms with E-state index >= 15 is 0 Å². The van der Waals surface area contributed by atoms with Crippen LogP contribution in [0, 0.1) is 0 Å². The van der Waals surface area contributed by atoms with Gasteiger partial charge in [0.2, 0.25) is 0 Å². The van der Waals surface area contributed by atoms with Crippen molar-refractivity contribution in [2.75, 3.05) is 19.8 Å². The third-order valence-electron chi connectivity index (χ3n) is 1.80. The zero-order chi connectivity index (χ0) is 14.6. The number of hydrogen-bond donors (Lipinski definition) is 0. The van der Waals surface area contributed by atoms with Crippen molar-refractivity contribution in [3.05, 3.63) is 35.9 Å². The Labute approximate surface area is 114 Å². The van der Waals surface area contributed by atoms with Crippen LogP contribution in [0.15, 0.2) is 30.3 Å². The van der Waals surface area contributed by atoms with Gasteiger partial charge in [0.25, 0.3) is 0 Å². The normalized spacial score (nSPS) is 10.5. The molecule has 1 aromatic carbocycles. The second-order valence-electron chi connectivity index (χ2n) is 3.23. The van der Waals surface area contributed by atoms with Crippen LogP contribution in [0.5, 0.6) is 0 Å². The Morgan fingerprint density at radius 3 is 1.63 bits per heavy atom. The molecule has 0 amide bonds. The van der Waals surface area contributed by atoms with Gasteiger partial charge < -0.3 is 0 Å². The summed E-state index contributed by atoms with van der Waals surface area (Å²) in [5.41, 5.74) is 0.729. The summed E-state index contributed by atoms with van der Waals surface area (Å²) in [7, 11) is -3.22. The number of carbonyl (C=O) groups is 1. The molecule has 0 N–H and O–H groups in total. The largest absolute Gasteiger partial charge is 0.474 e. The van der Waals surface area contributed by atoms with Gasteiger partial charge in [0.15, 0.2) is 0 Å². The number of hydrogen-bond acceptors (Lipinski definition) is 5. The molecule has 0 saturated heterocycles. The van der Waals surface area contributed by atoms with E-state index in [-0.39, 0.29) is 0 Å². The maximum atomic E-state index is 11.3. The first kappa shape index (κ1) is 18.0. The minimum Gasteiger partial charge on any atom is -0.298 e. The highest BCUT2D eigenvalue weighted by molar-refractivity contribution is 7.48. The topological polar surface area (TPSA) is 61.8 Å². The van der Waals surface area contributed by atoms with E-state index in [1.165, 1.54) is 0 Å². The summed E-state index contributed by atoms with van der Waals surface area (Å²) in [6.07, 6.45) is 0.833. The molecule has 5 nitrogen and oxygen atoms in total. The Morgan fingerprint density at radius 2 is 1.37 bits per heavy atom. The molecule has 0 atom stereocenters. The molecular weight excluding hydrogens is 267 g/mol. The average molecular weight is 288 g/mol. The van der Waals surface area contributed by atoms with Crippen LogP contribution in [0.4, 0.5) is 0 Å². The predicted octanol–water partition coefficient (Wildman–Crippen LogP) is 3.70. The molecule has 0 heterocycles. The van der Waals surface area contributed by atoms with Crippen molar-refractivity contribution < 1.29 is 22.9 Å². The quantitative estimate of drug-likeness (QED) is 0.565. The van der Waals surface area contributed by atoms with E-state index in [1.54, 1.807) is 32.9 Å². The fourth-order valence-corrected chi connectivity index (χ4v) is 2.29. The van der Waals surface area contributed by atoms with Crippen LogP contribution < -0.4 is 0 Å². The van der Waals surface area contributed by atoms with E-state index in [4.69, 9.17) is 13.6 Å². The van der Waals surface area contributed by atoms with Crippen molar-refractivity contribution in [2.45, 2.75) is 20.8 Å². The van der Waals surface area contributed by atoms with Crippen LogP contribution in [0.25, 0.3) is 0 Å². The summed E-state index contributed by atoms with van der Waals surface area (Å²) in [5.74, 6) is 0. The molecule has 6 heteroatoms. The molecule has 0 radical (unpaired) electrons. The number of aldehydes is 1. The number of phosphoric ester groups is 1. The van der Waals surface area contributed by atoms with Gasteiger partial charge in [-0.3, -0.25) is 18.4 Å². The van der Waals surface area contributed by atoms with E-state index in [9.17, 15) is 9.36 Å². The summed E-state index contributed by atoms with van der Waals surface area (Å²) >= 11 is 0. The molecule has 0 fully saturated rings. The van der Waals surface area contributed by atoms with Crippen LogP contribution in [0.3, 0.4) is 0 Å². The van der Waals surface area contributed by atoms with E-state index in [2.05, 4.69) is 0 Å². The van der Waals surface area contributed by atoms with E-state index in [0.717, 1.165) is 11.8 Å². The van der Waals surface area contributed by atoms with Gasteiger partial charge in [-0.2, -0.15) is 0 Å². The van der Waals surface area contributed by atoms with Crippen LogP contribution in [-0.4, -0.2) is 26.1 Å². The first-order chi connectivity index (χ1) is 9.11. The molecule has 0 unspecified atom stereocenters. The van der Waals surface area contributed by atoms with Crippen LogP contribution >= 0.6 is 7.82 Å².